The van der Waals surface area contributed by atoms with Gasteiger partial charge in [-0.05, 0) is 37.1 Å². The van der Waals surface area contributed by atoms with Crippen molar-refractivity contribution in [2.75, 3.05) is 33.0 Å². The highest BCUT2D eigenvalue weighted by Crippen LogP contribution is 2.37. The van der Waals surface area contributed by atoms with E-state index in [0.717, 1.165) is 49.5 Å². The fourth-order valence-electron chi connectivity index (χ4n) is 4.75. The van der Waals surface area contributed by atoms with E-state index in [1.165, 1.54) is 11.6 Å². The van der Waals surface area contributed by atoms with Gasteiger partial charge >= 0.3 is 0 Å². The minimum Gasteiger partial charge on any atom is -0.493 e. The van der Waals surface area contributed by atoms with E-state index >= 15 is 0 Å². The predicted octanol–water partition coefficient (Wildman–Crippen LogP) is 2.87. The summed E-state index contributed by atoms with van der Waals surface area (Å²) in [7, 11) is 2.05. The Morgan fingerprint density at radius 1 is 1.30 bits per heavy atom. The predicted molar refractivity (Wildman–Crippen MR) is 115 cm³/mol. The maximum atomic E-state index is 14.5. The number of aromatic nitrogens is 3. The van der Waals surface area contributed by atoms with Gasteiger partial charge in [0, 0.05) is 56.0 Å². The summed E-state index contributed by atoms with van der Waals surface area (Å²) in [6, 6.07) is 3.22. The van der Waals surface area contributed by atoms with Crippen molar-refractivity contribution in [3.63, 3.8) is 0 Å². The molecule has 7 nitrogen and oxygen atoms in total. The van der Waals surface area contributed by atoms with Crippen LogP contribution in [0.2, 0.25) is 0 Å². The molecule has 0 bridgehead atoms. The van der Waals surface area contributed by atoms with E-state index in [4.69, 9.17) is 4.74 Å². The molecule has 3 aliphatic heterocycles. The molecule has 1 unspecified atom stereocenters. The summed E-state index contributed by atoms with van der Waals surface area (Å²) in [5.74, 6) is 2.00. The molecule has 0 aliphatic carbocycles. The van der Waals surface area contributed by atoms with Crippen LogP contribution in [0.5, 0.6) is 5.75 Å². The quantitative estimate of drug-likeness (QED) is 0.732. The third-order valence-corrected chi connectivity index (χ3v) is 7.26. The molecule has 0 radical (unpaired) electrons. The first-order chi connectivity index (χ1) is 14.7. The van der Waals surface area contributed by atoms with Crippen molar-refractivity contribution in [1.82, 2.24) is 29.3 Å². The number of rotatable bonds is 5. The summed E-state index contributed by atoms with van der Waals surface area (Å²) in [5, 5.41) is 12.1. The second-order valence-electron chi connectivity index (χ2n) is 8.05. The van der Waals surface area contributed by atoms with Crippen LogP contribution in [0, 0.1) is 11.7 Å². The van der Waals surface area contributed by atoms with Crippen molar-refractivity contribution in [3.05, 3.63) is 47.4 Å². The number of nitrogens with one attached hydrogen (secondary N) is 1. The summed E-state index contributed by atoms with van der Waals surface area (Å²) in [4.78, 5) is 2.14. The van der Waals surface area contributed by atoms with Gasteiger partial charge in [0.25, 0.3) is 0 Å². The van der Waals surface area contributed by atoms with Gasteiger partial charge < -0.3 is 9.64 Å². The molecule has 30 heavy (non-hydrogen) atoms. The molecule has 2 aromatic rings. The van der Waals surface area contributed by atoms with Gasteiger partial charge in [-0.3, -0.25) is 14.2 Å². The molecule has 1 saturated heterocycles. The second-order valence-corrected chi connectivity index (χ2v) is 8.93. The number of piperidine rings is 1. The van der Waals surface area contributed by atoms with E-state index in [1.54, 1.807) is 12.4 Å². The first-order valence-electron chi connectivity index (χ1n) is 10.4. The maximum absolute atomic E-state index is 14.5. The van der Waals surface area contributed by atoms with Crippen molar-refractivity contribution < 1.29 is 9.13 Å². The molecule has 9 heteroatoms. The van der Waals surface area contributed by atoms with Crippen molar-refractivity contribution in [1.29, 1.82) is 0 Å². The molecule has 4 heterocycles. The summed E-state index contributed by atoms with van der Waals surface area (Å²) in [5.41, 5.74) is 2.91. The highest BCUT2D eigenvalue weighted by molar-refractivity contribution is 7.96. The Morgan fingerprint density at radius 3 is 2.93 bits per heavy atom. The Labute approximate surface area is 180 Å². The number of nitrogens with zero attached hydrogens (tertiary/aromatic N) is 5. The van der Waals surface area contributed by atoms with E-state index in [9.17, 15) is 4.39 Å². The Bertz CT molecular complexity index is 955. The lowest BCUT2D eigenvalue weighted by atomic mass is 9.89. The van der Waals surface area contributed by atoms with Crippen LogP contribution in [0.15, 0.2) is 24.7 Å². The lowest BCUT2D eigenvalue weighted by Crippen LogP contribution is -2.41. The van der Waals surface area contributed by atoms with Crippen molar-refractivity contribution in [2.45, 2.75) is 32.1 Å². The highest BCUT2D eigenvalue weighted by atomic mass is 32.2. The van der Waals surface area contributed by atoms with Crippen LogP contribution in [0.1, 0.15) is 36.1 Å². The average Bonchev–Trinajstić information content (AvgIpc) is 3.43. The number of ether oxygens (including phenoxy) is 1. The molecule has 1 fully saturated rings. The Morgan fingerprint density at radius 2 is 2.13 bits per heavy atom. The minimum atomic E-state index is -0.189. The summed E-state index contributed by atoms with van der Waals surface area (Å²) in [6.45, 7) is 3.21. The van der Waals surface area contributed by atoms with Gasteiger partial charge in [-0.1, -0.05) is 11.9 Å². The van der Waals surface area contributed by atoms with Gasteiger partial charge in [-0.25, -0.2) is 4.39 Å². The fourth-order valence-corrected chi connectivity index (χ4v) is 5.33. The monoisotopic (exact) mass is 430 g/mol. The molecule has 1 atom stereocenters. The largest absolute Gasteiger partial charge is 0.493 e. The van der Waals surface area contributed by atoms with Crippen LogP contribution in [-0.4, -0.2) is 57.0 Å². The maximum Gasteiger partial charge on any atom is 0.164 e. The number of allylic oxidation sites excluding steroid dienone is 1. The van der Waals surface area contributed by atoms with E-state index in [1.807, 2.05) is 19.0 Å². The van der Waals surface area contributed by atoms with E-state index in [0.29, 0.717) is 24.6 Å². The molecule has 0 saturated carbocycles. The molecule has 1 aromatic heterocycles. The molecule has 5 rings (SSSR count). The molecule has 1 aromatic carbocycles. The zero-order chi connectivity index (χ0) is 20.7. The van der Waals surface area contributed by atoms with Crippen LogP contribution in [0.3, 0.4) is 0 Å². The summed E-state index contributed by atoms with van der Waals surface area (Å²) in [6.07, 6.45) is 8.92. The first kappa shape index (κ1) is 19.8. The third-order valence-electron chi connectivity index (χ3n) is 6.38. The Balaban J connectivity index is 1.35. The van der Waals surface area contributed by atoms with Gasteiger partial charge in [-0.2, -0.15) is 0 Å². The van der Waals surface area contributed by atoms with Gasteiger partial charge in [0.1, 0.15) is 17.9 Å². The van der Waals surface area contributed by atoms with Crippen molar-refractivity contribution >= 4 is 17.5 Å². The topological polar surface area (TPSA) is 58.5 Å². The smallest absolute Gasteiger partial charge is 0.164 e. The summed E-state index contributed by atoms with van der Waals surface area (Å²) >= 11 is 1.82. The van der Waals surface area contributed by atoms with Crippen LogP contribution in [-0.2, 0) is 13.0 Å². The molecule has 1 N–H and O–H groups in total. The number of hydrogen-bond donors (Lipinski definition) is 1. The SMILES string of the molecule is CSN1CCC(C2=CN(C)C(NCc3c(F)ccc4c3CCO4)n3cnnc32)CC1. The van der Waals surface area contributed by atoms with Gasteiger partial charge in [0.15, 0.2) is 12.1 Å². The highest BCUT2D eigenvalue weighted by Gasteiger charge is 2.32. The molecule has 0 spiro atoms. The molecule has 160 valence electrons. The fraction of sp³-hybridized carbons (Fsp3) is 0.524. The number of hydrogen-bond acceptors (Lipinski definition) is 7. The van der Waals surface area contributed by atoms with Crippen LogP contribution in [0.4, 0.5) is 4.39 Å². The number of benzene rings is 1. The molecular weight excluding hydrogens is 403 g/mol. The Hall–Kier alpha value is -2.10. The van der Waals surface area contributed by atoms with Gasteiger partial charge in [0.2, 0.25) is 0 Å². The normalized spacial score (nSPS) is 21.9. The van der Waals surface area contributed by atoms with Crippen LogP contribution >= 0.6 is 11.9 Å². The molecule has 0 amide bonds. The number of fused-ring (bicyclic) bond motifs is 2. The average molecular weight is 431 g/mol. The standard InChI is InChI=1S/C21H27FN6OS/c1-26-12-17(14-5-8-27(30-2)9-6-14)20-25-24-13-28(20)21(26)23-11-16-15-7-10-29-19(15)4-3-18(16)22/h3-4,12-14,21,23H,5-11H2,1-2H3. The minimum absolute atomic E-state index is 0.164. The molecular formula is C21H27FN6OS. The van der Waals surface area contributed by atoms with E-state index in [2.05, 4.69) is 41.7 Å². The first-order valence-corrected chi connectivity index (χ1v) is 11.6. The van der Waals surface area contributed by atoms with E-state index < -0.39 is 0 Å². The van der Waals surface area contributed by atoms with Crippen molar-refractivity contribution in [2.24, 2.45) is 5.92 Å². The van der Waals surface area contributed by atoms with Gasteiger partial charge in [0.05, 0.1) is 6.61 Å². The lowest BCUT2D eigenvalue weighted by molar-refractivity contribution is 0.182. The zero-order valence-corrected chi connectivity index (χ0v) is 18.2. The van der Waals surface area contributed by atoms with Gasteiger partial charge in [-0.15, -0.1) is 10.2 Å². The van der Waals surface area contributed by atoms with E-state index in [-0.39, 0.29) is 12.1 Å². The third kappa shape index (κ3) is 3.48. The lowest BCUT2D eigenvalue weighted by Gasteiger charge is -2.38. The zero-order valence-electron chi connectivity index (χ0n) is 17.3. The van der Waals surface area contributed by atoms with Crippen LogP contribution in [0.25, 0.3) is 5.57 Å². The molecule has 3 aliphatic rings. The Kier molecular flexibility index (Phi) is 5.43. The van der Waals surface area contributed by atoms with Crippen LogP contribution < -0.4 is 10.1 Å². The number of halogens is 1. The summed E-state index contributed by atoms with van der Waals surface area (Å²) < 4.78 is 24.6. The second kappa shape index (κ2) is 8.20. The van der Waals surface area contributed by atoms with Crippen molar-refractivity contribution in [3.8, 4) is 5.75 Å².